The minimum absolute atomic E-state index is 0.00109. The van der Waals surface area contributed by atoms with Crippen molar-refractivity contribution in [1.82, 2.24) is 24.8 Å². The predicted molar refractivity (Wildman–Crippen MR) is 119 cm³/mol. The molecular weight excluding hydrogens is 412 g/mol. The van der Waals surface area contributed by atoms with Crippen molar-refractivity contribution in [3.05, 3.63) is 69.5 Å². The van der Waals surface area contributed by atoms with Crippen LogP contribution in [0.15, 0.2) is 36.4 Å². The van der Waals surface area contributed by atoms with E-state index in [1.807, 2.05) is 67.0 Å². The van der Waals surface area contributed by atoms with Crippen LogP contribution in [-0.2, 0) is 14.1 Å². The van der Waals surface area contributed by atoms with E-state index in [2.05, 4.69) is 10.3 Å². The van der Waals surface area contributed by atoms with E-state index in [0.717, 1.165) is 57.6 Å². The minimum Gasteiger partial charge on any atom is -0.295 e. The molecule has 156 valence electrons. The van der Waals surface area contributed by atoms with Crippen LogP contribution in [0.1, 0.15) is 57.7 Å². The number of anilines is 1. The van der Waals surface area contributed by atoms with Crippen molar-refractivity contribution in [3.63, 3.8) is 0 Å². The number of nitrogens with zero attached hydrogens (tertiary/aromatic N) is 6. The molecule has 1 fully saturated rings. The van der Waals surface area contributed by atoms with Crippen molar-refractivity contribution in [2.45, 2.75) is 31.7 Å². The van der Waals surface area contributed by atoms with E-state index in [9.17, 15) is 4.79 Å². The van der Waals surface area contributed by atoms with Gasteiger partial charge in [0.15, 0.2) is 0 Å². The Bertz CT molecular complexity index is 1370. The fraction of sp³-hybridized carbons (Fsp3) is 0.304. The van der Waals surface area contributed by atoms with E-state index < -0.39 is 0 Å². The molecule has 0 radical (unpaired) electrons. The van der Waals surface area contributed by atoms with E-state index in [-0.39, 0.29) is 11.9 Å². The van der Waals surface area contributed by atoms with E-state index in [4.69, 9.17) is 16.7 Å². The van der Waals surface area contributed by atoms with E-state index >= 15 is 0 Å². The van der Waals surface area contributed by atoms with Crippen LogP contribution in [-0.4, -0.2) is 30.7 Å². The Morgan fingerprint density at radius 2 is 1.81 bits per heavy atom. The van der Waals surface area contributed by atoms with Crippen LogP contribution in [0.4, 0.5) is 5.69 Å². The maximum atomic E-state index is 13.9. The molecule has 1 aliphatic carbocycles. The molecule has 0 bridgehead atoms. The number of fused-ring (bicyclic) bond motifs is 2. The number of benzene rings is 2. The molecule has 0 saturated heterocycles. The first-order valence-electron chi connectivity index (χ1n) is 10.4. The van der Waals surface area contributed by atoms with Gasteiger partial charge in [-0.15, -0.1) is 5.10 Å². The monoisotopic (exact) mass is 432 g/mol. The van der Waals surface area contributed by atoms with Crippen LogP contribution in [0.2, 0.25) is 5.02 Å². The third-order valence-electron chi connectivity index (χ3n) is 6.39. The quantitative estimate of drug-likeness (QED) is 0.484. The number of halogens is 1. The zero-order chi connectivity index (χ0) is 21.4. The second-order valence-electron chi connectivity index (χ2n) is 8.52. The molecule has 0 unspecified atom stereocenters. The number of hydrogen-bond donors (Lipinski definition) is 0. The summed E-state index contributed by atoms with van der Waals surface area (Å²) in [7, 11) is 3.80. The molecule has 1 atom stereocenters. The third-order valence-corrected chi connectivity index (χ3v) is 6.64. The molecule has 1 amide bonds. The van der Waals surface area contributed by atoms with Crippen LogP contribution in [0, 0.1) is 6.92 Å². The van der Waals surface area contributed by atoms with Crippen LogP contribution < -0.4 is 4.90 Å². The van der Waals surface area contributed by atoms with Gasteiger partial charge >= 0.3 is 0 Å². The highest BCUT2D eigenvalue weighted by Gasteiger charge is 2.46. The Labute approximate surface area is 184 Å². The van der Waals surface area contributed by atoms with Gasteiger partial charge in [0.2, 0.25) is 0 Å². The molecule has 4 aromatic rings. The molecule has 2 aliphatic rings. The summed E-state index contributed by atoms with van der Waals surface area (Å²) in [6.45, 7) is 2.00. The molecule has 7 nitrogen and oxygen atoms in total. The van der Waals surface area contributed by atoms with Gasteiger partial charge in [-0.3, -0.25) is 14.4 Å². The van der Waals surface area contributed by atoms with Gasteiger partial charge in [0.25, 0.3) is 5.91 Å². The summed E-state index contributed by atoms with van der Waals surface area (Å²) >= 11 is 6.16. The van der Waals surface area contributed by atoms with Gasteiger partial charge in [0.1, 0.15) is 11.6 Å². The topological polar surface area (TPSA) is 68.8 Å². The van der Waals surface area contributed by atoms with Gasteiger partial charge in [0, 0.05) is 30.7 Å². The molecule has 1 saturated carbocycles. The average Bonchev–Trinajstić information content (AvgIpc) is 3.35. The molecule has 3 heterocycles. The zero-order valence-corrected chi connectivity index (χ0v) is 18.3. The maximum absolute atomic E-state index is 13.9. The lowest BCUT2D eigenvalue weighted by atomic mass is 10.0. The summed E-state index contributed by atoms with van der Waals surface area (Å²) in [6.07, 6.45) is 2.18. The Kier molecular flexibility index (Phi) is 3.84. The Morgan fingerprint density at radius 3 is 2.52 bits per heavy atom. The summed E-state index contributed by atoms with van der Waals surface area (Å²) in [5.41, 5.74) is 7.19. The van der Waals surface area contributed by atoms with Crippen molar-refractivity contribution in [3.8, 4) is 0 Å². The van der Waals surface area contributed by atoms with Gasteiger partial charge in [-0.25, -0.2) is 4.68 Å². The number of aromatic nitrogens is 5. The summed E-state index contributed by atoms with van der Waals surface area (Å²) < 4.78 is 3.63. The summed E-state index contributed by atoms with van der Waals surface area (Å²) in [4.78, 5) is 15.8. The van der Waals surface area contributed by atoms with Gasteiger partial charge in [0.05, 0.1) is 22.5 Å². The number of carbonyl (C=O) groups excluding carboxylic acids is 1. The molecule has 1 aliphatic heterocycles. The molecule has 0 N–H and O–H groups in total. The van der Waals surface area contributed by atoms with Crippen LogP contribution in [0.5, 0.6) is 0 Å². The minimum atomic E-state index is -0.275. The van der Waals surface area contributed by atoms with Crippen molar-refractivity contribution in [1.29, 1.82) is 0 Å². The standard InChI is InChI=1S/C23H21ClN6O/c1-12-10-16(11-17-19(12)25-27-28(17)2)30-21(14-6-8-15(24)9-7-14)22-18(23(30)31)20(13-4-5-13)26-29(22)3/h6-11,13,21H,4-5H2,1-3H3/t21-/m0/s1. The van der Waals surface area contributed by atoms with Crippen molar-refractivity contribution in [2.75, 3.05) is 4.90 Å². The Hall–Kier alpha value is -3.19. The van der Waals surface area contributed by atoms with E-state index in [1.54, 1.807) is 4.68 Å². The second-order valence-corrected chi connectivity index (χ2v) is 8.95. The lowest BCUT2D eigenvalue weighted by molar-refractivity contribution is 0.0992. The van der Waals surface area contributed by atoms with Crippen LogP contribution in [0.3, 0.4) is 0 Å². The Balaban J connectivity index is 1.59. The molecule has 2 aromatic heterocycles. The summed E-state index contributed by atoms with van der Waals surface area (Å²) in [5.74, 6) is 0.383. The lowest BCUT2D eigenvalue weighted by Gasteiger charge is -2.27. The van der Waals surface area contributed by atoms with Crippen LogP contribution >= 0.6 is 11.6 Å². The smallest absolute Gasteiger partial charge is 0.263 e. The maximum Gasteiger partial charge on any atom is 0.263 e. The number of aryl methyl sites for hydroxylation is 3. The lowest BCUT2D eigenvalue weighted by Crippen LogP contribution is -2.30. The number of rotatable bonds is 3. The highest BCUT2D eigenvalue weighted by atomic mass is 35.5. The largest absolute Gasteiger partial charge is 0.295 e. The third kappa shape index (κ3) is 2.66. The molecule has 6 rings (SSSR count). The van der Waals surface area contributed by atoms with Crippen molar-refractivity contribution in [2.24, 2.45) is 14.1 Å². The molecule has 0 spiro atoms. The second kappa shape index (κ2) is 6.40. The fourth-order valence-corrected chi connectivity index (χ4v) is 4.86. The van der Waals surface area contributed by atoms with Crippen molar-refractivity contribution >= 4 is 34.2 Å². The summed E-state index contributed by atoms with van der Waals surface area (Å²) in [6, 6.07) is 11.5. The van der Waals surface area contributed by atoms with Crippen LogP contribution in [0.25, 0.3) is 11.0 Å². The zero-order valence-electron chi connectivity index (χ0n) is 17.5. The highest BCUT2D eigenvalue weighted by Crippen LogP contribution is 2.49. The first kappa shape index (κ1) is 18.6. The molecule has 8 heteroatoms. The van der Waals surface area contributed by atoms with E-state index in [0.29, 0.717) is 10.9 Å². The normalized spacial score (nSPS) is 18.3. The highest BCUT2D eigenvalue weighted by molar-refractivity contribution is 6.30. The Morgan fingerprint density at radius 1 is 1.06 bits per heavy atom. The number of hydrogen-bond acceptors (Lipinski definition) is 4. The van der Waals surface area contributed by atoms with Gasteiger partial charge in [-0.1, -0.05) is 28.9 Å². The van der Waals surface area contributed by atoms with E-state index in [1.165, 1.54) is 0 Å². The summed E-state index contributed by atoms with van der Waals surface area (Å²) in [5, 5.41) is 13.8. The fourth-order valence-electron chi connectivity index (χ4n) is 4.73. The number of amides is 1. The van der Waals surface area contributed by atoms with Gasteiger partial charge in [-0.2, -0.15) is 5.10 Å². The first-order chi connectivity index (χ1) is 14.9. The number of carbonyl (C=O) groups is 1. The SMILES string of the molecule is Cc1cc(N2C(=O)c3c(C4CC4)nn(C)c3[C@@H]2c2ccc(Cl)cc2)cc2c1nnn2C. The van der Waals surface area contributed by atoms with Gasteiger partial charge < -0.3 is 0 Å². The average molecular weight is 433 g/mol. The van der Waals surface area contributed by atoms with Crippen molar-refractivity contribution < 1.29 is 4.79 Å². The molecular formula is C23H21ClN6O. The van der Waals surface area contributed by atoms with Gasteiger partial charge in [-0.05, 0) is 55.2 Å². The predicted octanol–water partition coefficient (Wildman–Crippen LogP) is 4.29. The molecule has 31 heavy (non-hydrogen) atoms. The molecule has 2 aromatic carbocycles. The first-order valence-corrected chi connectivity index (χ1v) is 10.8.